The highest BCUT2D eigenvalue weighted by Gasteiger charge is 2.35. The van der Waals surface area contributed by atoms with Crippen molar-refractivity contribution in [3.05, 3.63) is 181 Å². The summed E-state index contributed by atoms with van der Waals surface area (Å²) in [6, 6.07) is 63.8. The third kappa shape index (κ3) is 3.96. The van der Waals surface area contributed by atoms with E-state index in [-0.39, 0.29) is 5.41 Å². The van der Waals surface area contributed by atoms with Crippen molar-refractivity contribution >= 4 is 53.9 Å². The molecule has 0 aliphatic heterocycles. The number of rotatable bonds is 3. The largest absolute Gasteiger partial charge is 0.0622 e. The minimum atomic E-state index is -0.0790. The second kappa shape index (κ2) is 10.4. The Labute approximate surface area is 297 Å². The lowest BCUT2D eigenvalue weighted by molar-refractivity contribution is 0.660. The molecule has 0 nitrogen and oxygen atoms in total. The highest BCUT2D eigenvalue weighted by molar-refractivity contribution is 6.29. The van der Waals surface area contributed by atoms with E-state index in [1.807, 2.05) is 0 Å². The lowest BCUT2D eigenvalue weighted by atomic mass is 9.80. The summed E-state index contributed by atoms with van der Waals surface area (Å²) in [5.74, 6) is 0. The molecule has 1 aliphatic rings. The standard InChI is InChI=1S/C51H34/c1-51(2)45-18-9-8-15-37(45)38-25-24-36(30-46(38)51)48-39-16-6-7-17-40(39)50(43-28-23-35(29-44(43)48)31-11-4-3-5-12-31)42-27-22-34-20-19-32-13-10-14-33-21-26-41(42)49(34)47(32)33/h3-30H,1-2H3. The van der Waals surface area contributed by atoms with Crippen molar-refractivity contribution in [1.82, 2.24) is 0 Å². The smallest absolute Gasteiger partial charge is 0.0159 e. The first-order valence-corrected chi connectivity index (χ1v) is 18.0. The van der Waals surface area contributed by atoms with Crippen LogP contribution in [-0.4, -0.2) is 0 Å². The van der Waals surface area contributed by atoms with Crippen molar-refractivity contribution in [1.29, 1.82) is 0 Å². The molecule has 0 unspecified atom stereocenters. The molecule has 0 atom stereocenters. The maximum atomic E-state index is 2.49. The number of hydrogen-bond donors (Lipinski definition) is 0. The van der Waals surface area contributed by atoms with E-state index in [9.17, 15) is 0 Å². The van der Waals surface area contributed by atoms with Crippen LogP contribution in [0, 0.1) is 0 Å². The van der Waals surface area contributed by atoms with Crippen LogP contribution in [0.3, 0.4) is 0 Å². The molecule has 1 aliphatic carbocycles. The van der Waals surface area contributed by atoms with Gasteiger partial charge in [-0.2, -0.15) is 0 Å². The Morgan fingerprint density at radius 3 is 1.73 bits per heavy atom. The Kier molecular flexibility index (Phi) is 5.82. The molecule has 0 N–H and O–H groups in total. The van der Waals surface area contributed by atoms with E-state index in [0.717, 1.165) is 0 Å². The molecule has 238 valence electrons. The zero-order valence-electron chi connectivity index (χ0n) is 28.7. The Morgan fingerprint density at radius 2 is 0.902 bits per heavy atom. The van der Waals surface area contributed by atoms with E-state index < -0.39 is 0 Å². The monoisotopic (exact) mass is 646 g/mol. The molecule has 0 spiro atoms. The molecular weight excluding hydrogens is 613 g/mol. The molecule has 51 heavy (non-hydrogen) atoms. The van der Waals surface area contributed by atoms with E-state index in [0.29, 0.717) is 0 Å². The van der Waals surface area contributed by atoms with Crippen LogP contribution in [0.15, 0.2) is 170 Å². The lowest BCUT2D eigenvalue weighted by Crippen LogP contribution is -2.14. The topological polar surface area (TPSA) is 0 Å². The summed E-state index contributed by atoms with van der Waals surface area (Å²) < 4.78 is 0. The molecule has 0 heterocycles. The molecule has 0 fully saturated rings. The Morgan fingerprint density at radius 1 is 0.314 bits per heavy atom. The average Bonchev–Trinajstić information content (AvgIpc) is 3.41. The van der Waals surface area contributed by atoms with Crippen molar-refractivity contribution in [2.45, 2.75) is 19.3 Å². The normalized spacial score (nSPS) is 13.5. The Hall–Kier alpha value is -6.24. The van der Waals surface area contributed by atoms with Gasteiger partial charge in [-0.1, -0.05) is 172 Å². The maximum absolute atomic E-state index is 2.49. The molecule has 0 radical (unpaired) electrons. The SMILES string of the molecule is CC1(C)c2ccccc2-c2ccc(-c3c4ccccc4c(-c4ccc5ccc6cccc7ccc4c5c67)c4ccc(-c5ccccc5)cc34)cc21. The van der Waals surface area contributed by atoms with Crippen LogP contribution in [0.4, 0.5) is 0 Å². The molecule has 10 aromatic carbocycles. The summed E-state index contributed by atoms with van der Waals surface area (Å²) in [5, 5.41) is 13.0. The van der Waals surface area contributed by atoms with Crippen LogP contribution in [0.1, 0.15) is 25.0 Å². The van der Waals surface area contributed by atoms with Gasteiger partial charge in [0.25, 0.3) is 0 Å². The molecule has 10 aromatic rings. The predicted octanol–water partition coefficient (Wildman–Crippen LogP) is 14.2. The fourth-order valence-electron chi connectivity index (χ4n) is 9.40. The van der Waals surface area contributed by atoms with Crippen molar-refractivity contribution in [2.75, 3.05) is 0 Å². The van der Waals surface area contributed by atoms with Crippen molar-refractivity contribution in [3.8, 4) is 44.5 Å². The second-order valence-corrected chi connectivity index (χ2v) is 14.8. The molecule has 0 bridgehead atoms. The highest BCUT2D eigenvalue weighted by atomic mass is 14.4. The summed E-state index contributed by atoms with van der Waals surface area (Å²) in [6.07, 6.45) is 0. The van der Waals surface area contributed by atoms with Gasteiger partial charge in [-0.25, -0.2) is 0 Å². The van der Waals surface area contributed by atoms with Gasteiger partial charge in [-0.3, -0.25) is 0 Å². The summed E-state index contributed by atoms with van der Waals surface area (Å²) >= 11 is 0. The zero-order valence-corrected chi connectivity index (χ0v) is 28.7. The van der Waals surface area contributed by atoms with Gasteiger partial charge >= 0.3 is 0 Å². The van der Waals surface area contributed by atoms with Gasteiger partial charge < -0.3 is 0 Å². The van der Waals surface area contributed by atoms with Crippen LogP contribution in [-0.2, 0) is 5.41 Å². The van der Waals surface area contributed by atoms with Gasteiger partial charge in [0.05, 0.1) is 0 Å². The first-order valence-electron chi connectivity index (χ1n) is 18.0. The van der Waals surface area contributed by atoms with Crippen LogP contribution >= 0.6 is 0 Å². The zero-order chi connectivity index (χ0) is 33.8. The van der Waals surface area contributed by atoms with E-state index in [2.05, 4.69) is 184 Å². The first kappa shape index (κ1) is 28.6. The molecule has 0 saturated heterocycles. The van der Waals surface area contributed by atoms with Crippen LogP contribution in [0.25, 0.3) is 98.4 Å². The second-order valence-electron chi connectivity index (χ2n) is 14.8. The van der Waals surface area contributed by atoms with Gasteiger partial charge in [-0.15, -0.1) is 0 Å². The van der Waals surface area contributed by atoms with Crippen LogP contribution < -0.4 is 0 Å². The Balaban J connectivity index is 1.27. The molecule has 0 saturated carbocycles. The predicted molar refractivity (Wildman–Crippen MR) is 219 cm³/mol. The molecular formula is C51H34. The van der Waals surface area contributed by atoms with Gasteiger partial charge in [0.15, 0.2) is 0 Å². The van der Waals surface area contributed by atoms with Gasteiger partial charge in [0, 0.05) is 5.41 Å². The number of fused-ring (bicyclic) bond motifs is 5. The summed E-state index contributed by atoms with van der Waals surface area (Å²) in [4.78, 5) is 0. The lowest BCUT2D eigenvalue weighted by Gasteiger charge is -2.23. The summed E-state index contributed by atoms with van der Waals surface area (Å²) in [7, 11) is 0. The minimum Gasteiger partial charge on any atom is -0.0622 e. The first-order chi connectivity index (χ1) is 25.1. The van der Waals surface area contributed by atoms with Crippen LogP contribution in [0.5, 0.6) is 0 Å². The minimum absolute atomic E-state index is 0.0790. The van der Waals surface area contributed by atoms with Crippen molar-refractivity contribution in [3.63, 3.8) is 0 Å². The van der Waals surface area contributed by atoms with E-state index in [4.69, 9.17) is 0 Å². The summed E-state index contributed by atoms with van der Waals surface area (Å²) in [6.45, 7) is 4.75. The fraction of sp³-hybridized carbons (Fsp3) is 0.0588. The van der Waals surface area contributed by atoms with Crippen molar-refractivity contribution < 1.29 is 0 Å². The van der Waals surface area contributed by atoms with Crippen LogP contribution in [0.2, 0.25) is 0 Å². The van der Waals surface area contributed by atoms with E-state index >= 15 is 0 Å². The van der Waals surface area contributed by atoms with Gasteiger partial charge in [0.1, 0.15) is 0 Å². The third-order valence-electron chi connectivity index (χ3n) is 11.8. The molecule has 0 amide bonds. The van der Waals surface area contributed by atoms with Crippen molar-refractivity contribution in [2.24, 2.45) is 0 Å². The third-order valence-corrected chi connectivity index (χ3v) is 11.8. The number of benzene rings is 10. The molecule has 0 aromatic heterocycles. The maximum Gasteiger partial charge on any atom is 0.0159 e. The number of hydrogen-bond acceptors (Lipinski definition) is 0. The summed E-state index contributed by atoms with van der Waals surface area (Å²) in [5.41, 5.74) is 13.0. The Bertz CT molecular complexity index is 3020. The van der Waals surface area contributed by atoms with E-state index in [1.54, 1.807) is 0 Å². The van der Waals surface area contributed by atoms with E-state index in [1.165, 1.54) is 109 Å². The fourth-order valence-corrected chi connectivity index (χ4v) is 9.40. The van der Waals surface area contributed by atoms with Gasteiger partial charge in [0.2, 0.25) is 0 Å². The quantitative estimate of drug-likeness (QED) is 0.132. The average molecular weight is 647 g/mol. The molecule has 11 rings (SSSR count). The highest BCUT2D eigenvalue weighted by Crippen LogP contribution is 2.52. The molecule has 0 heteroatoms. The van der Waals surface area contributed by atoms with Gasteiger partial charge in [-0.05, 0) is 122 Å².